The highest BCUT2D eigenvalue weighted by atomic mass is 32.2. The van der Waals surface area contributed by atoms with Crippen LogP contribution >= 0.6 is 24.0 Å². The summed E-state index contributed by atoms with van der Waals surface area (Å²) in [4.78, 5) is 12.3. The summed E-state index contributed by atoms with van der Waals surface area (Å²) in [7, 11) is 0. The lowest BCUT2D eigenvalue weighted by molar-refractivity contribution is -0.137. The van der Waals surface area contributed by atoms with Crippen molar-refractivity contribution in [2.75, 3.05) is 0 Å². The Morgan fingerprint density at radius 3 is 2.41 bits per heavy atom. The second kappa shape index (κ2) is 9.86. The normalized spacial score (nSPS) is 15.2. The van der Waals surface area contributed by atoms with Crippen LogP contribution in [0.15, 0.2) is 69.7 Å². The van der Waals surface area contributed by atoms with Gasteiger partial charge >= 0.3 is 6.18 Å². The number of hydrogen-bond donors (Lipinski definition) is 3. The lowest BCUT2D eigenvalue weighted by Crippen LogP contribution is -2.17. The number of rotatable bonds is 4. The Morgan fingerprint density at radius 2 is 1.77 bits per heavy atom. The van der Waals surface area contributed by atoms with E-state index in [-0.39, 0.29) is 33.9 Å². The Balaban J connectivity index is 1.58. The Hall–Kier alpha value is -4.16. The molecule has 1 amide bonds. The summed E-state index contributed by atoms with van der Waals surface area (Å²) in [6.45, 7) is 3.76. The van der Waals surface area contributed by atoms with Crippen LogP contribution in [0.4, 0.5) is 24.5 Å². The van der Waals surface area contributed by atoms with Crippen molar-refractivity contribution >= 4 is 62.6 Å². The zero-order chi connectivity index (χ0) is 28.1. The molecule has 0 spiro atoms. The molecule has 0 radical (unpaired) electrons. The van der Waals surface area contributed by atoms with E-state index in [1.165, 1.54) is 22.8 Å². The van der Waals surface area contributed by atoms with Gasteiger partial charge in [0.05, 0.1) is 16.0 Å². The molecule has 2 heterocycles. The number of nitrogens with zero attached hydrogens (tertiary/aromatic N) is 3. The summed E-state index contributed by atoms with van der Waals surface area (Å²) in [5, 5.41) is 32.5. The van der Waals surface area contributed by atoms with E-state index in [0.29, 0.717) is 20.5 Å². The highest BCUT2D eigenvalue weighted by molar-refractivity contribution is 8.26. The number of nitrogens with one attached hydrogen (secondary N) is 1. The van der Waals surface area contributed by atoms with E-state index >= 15 is 0 Å². The third-order valence-corrected chi connectivity index (χ3v) is 7.35. The van der Waals surface area contributed by atoms with Crippen LogP contribution in [0.2, 0.25) is 0 Å². The number of thioether (sulfide) groups is 1. The number of aromatic hydroxyl groups is 2. The number of phenols is 1. The maximum Gasteiger partial charge on any atom is 0.416 e. The number of thiocarbonyl (C=S) groups is 1. The number of aromatic nitrogens is 1. The SMILES string of the molecule is Cc1ccc(-n2c(O)c(N=Nc3ccc(/C=C4\SC(=S)NC4=O)cc3O)c3ccc(C(F)(F)F)cc32)cc1C. The van der Waals surface area contributed by atoms with Gasteiger partial charge in [-0.05, 0) is 79.1 Å². The quantitative estimate of drug-likeness (QED) is 0.134. The van der Waals surface area contributed by atoms with E-state index in [0.717, 1.165) is 35.0 Å². The van der Waals surface area contributed by atoms with Gasteiger partial charge in [-0.3, -0.25) is 9.36 Å². The van der Waals surface area contributed by atoms with Crippen molar-refractivity contribution in [1.82, 2.24) is 9.88 Å². The fraction of sp³-hybridized carbons (Fsp3) is 0.111. The number of phenolic OH excluding ortho intramolecular Hbond substituents is 1. The molecule has 1 fully saturated rings. The molecule has 3 aromatic carbocycles. The van der Waals surface area contributed by atoms with Crippen molar-refractivity contribution in [3.8, 4) is 17.3 Å². The lowest BCUT2D eigenvalue weighted by Gasteiger charge is -2.11. The molecule has 1 saturated heterocycles. The first-order valence-corrected chi connectivity index (χ1v) is 12.7. The van der Waals surface area contributed by atoms with Crippen LogP contribution < -0.4 is 5.32 Å². The number of benzene rings is 3. The molecule has 4 aromatic rings. The predicted molar refractivity (Wildman–Crippen MR) is 148 cm³/mol. The number of azo groups is 1. The lowest BCUT2D eigenvalue weighted by atomic mass is 10.1. The molecular weight excluding hydrogens is 549 g/mol. The van der Waals surface area contributed by atoms with Crippen molar-refractivity contribution in [2.45, 2.75) is 20.0 Å². The molecule has 5 rings (SSSR count). The first-order chi connectivity index (χ1) is 18.4. The maximum absolute atomic E-state index is 13.5. The number of alkyl halides is 3. The molecule has 0 saturated carbocycles. The van der Waals surface area contributed by atoms with Crippen LogP contribution in [0.3, 0.4) is 0 Å². The fourth-order valence-corrected chi connectivity index (χ4v) is 5.09. The van der Waals surface area contributed by atoms with Gasteiger partial charge in [0.25, 0.3) is 5.91 Å². The average Bonchev–Trinajstić information content (AvgIpc) is 3.33. The first-order valence-electron chi connectivity index (χ1n) is 11.4. The molecule has 0 bridgehead atoms. The zero-order valence-electron chi connectivity index (χ0n) is 20.4. The number of aryl methyl sites for hydroxylation is 2. The average molecular weight is 569 g/mol. The van der Waals surface area contributed by atoms with E-state index in [4.69, 9.17) is 12.2 Å². The van der Waals surface area contributed by atoms with Crippen LogP contribution in [-0.2, 0) is 11.0 Å². The van der Waals surface area contributed by atoms with Crippen molar-refractivity contribution in [1.29, 1.82) is 0 Å². The van der Waals surface area contributed by atoms with E-state index in [1.54, 1.807) is 30.3 Å². The number of amides is 1. The molecule has 1 aromatic heterocycles. The van der Waals surface area contributed by atoms with Crippen LogP contribution in [-0.4, -0.2) is 25.0 Å². The molecule has 1 aliphatic heterocycles. The maximum atomic E-state index is 13.5. The molecular formula is C27H19F3N4O3S2. The number of halogens is 3. The van der Waals surface area contributed by atoms with Gasteiger partial charge in [0, 0.05) is 11.1 Å². The summed E-state index contributed by atoms with van der Waals surface area (Å²) in [6.07, 6.45) is -3.03. The number of carbonyl (C=O) groups is 1. The van der Waals surface area contributed by atoms with Gasteiger partial charge in [-0.15, -0.1) is 10.2 Å². The number of hydrogen-bond acceptors (Lipinski definition) is 7. The smallest absolute Gasteiger partial charge is 0.416 e. The Labute approximate surface area is 229 Å². The third-order valence-electron chi connectivity index (χ3n) is 6.19. The standard InChI is InChI=1S/C27H19F3N4O3S2/c1-13-3-6-17(9-14(13)2)34-20-12-16(27(28,29)30)5-7-18(20)23(25(34)37)33-32-19-8-4-15(10-21(19)35)11-22-24(36)31-26(38)39-22/h3-12,35,37H,1-2H3,(H,31,36,38)/b22-11-,33-32?. The van der Waals surface area contributed by atoms with Crippen molar-refractivity contribution in [2.24, 2.45) is 10.2 Å². The van der Waals surface area contributed by atoms with E-state index in [1.807, 2.05) is 13.8 Å². The topological polar surface area (TPSA) is 99.2 Å². The molecule has 0 aliphatic carbocycles. The summed E-state index contributed by atoms with van der Waals surface area (Å²) in [6, 6.07) is 12.8. The summed E-state index contributed by atoms with van der Waals surface area (Å²) >= 11 is 6.07. The molecule has 12 heteroatoms. The van der Waals surface area contributed by atoms with Gasteiger partial charge in [0.15, 0.2) is 5.69 Å². The summed E-state index contributed by atoms with van der Waals surface area (Å²) in [5.74, 6) is -0.995. The molecule has 198 valence electrons. The summed E-state index contributed by atoms with van der Waals surface area (Å²) in [5.41, 5.74) is 2.05. The predicted octanol–water partition coefficient (Wildman–Crippen LogP) is 7.58. The third kappa shape index (κ3) is 5.12. The Morgan fingerprint density at radius 1 is 1.00 bits per heavy atom. The second-order valence-electron chi connectivity index (χ2n) is 8.81. The minimum absolute atomic E-state index is 0.0505. The van der Waals surface area contributed by atoms with E-state index < -0.39 is 17.6 Å². The Kier molecular flexibility index (Phi) is 6.69. The van der Waals surface area contributed by atoms with Crippen LogP contribution in [0, 0.1) is 13.8 Å². The first kappa shape index (κ1) is 26.4. The van der Waals surface area contributed by atoms with Gasteiger partial charge in [0.1, 0.15) is 15.8 Å². The van der Waals surface area contributed by atoms with Gasteiger partial charge in [-0.1, -0.05) is 36.1 Å². The van der Waals surface area contributed by atoms with E-state index in [2.05, 4.69) is 15.5 Å². The van der Waals surface area contributed by atoms with Gasteiger partial charge in [0.2, 0.25) is 5.88 Å². The highest BCUT2D eigenvalue weighted by Gasteiger charge is 2.32. The Bertz CT molecular complexity index is 1740. The molecule has 0 unspecified atom stereocenters. The minimum Gasteiger partial charge on any atom is -0.506 e. The van der Waals surface area contributed by atoms with Crippen molar-refractivity contribution in [3.05, 3.63) is 81.8 Å². The molecule has 3 N–H and O–H groups in total. The summed E-state index contributed by atoms with van der Waals surface area (Å²) < 4.78 is 42.2. The largest absolute Gasteiger partial charge is 0.506 e. The van der Waals surface area contributed by atoms with Gasteiger partial charge in [-0.2, -0.15) is 13.2 Å². The molecule has 1 aliphatic rings. The van der Waals surface area contributed by atoms with Crippen molar-refractivity contribution in [3.63, 3.8) is 0 Å². The van der Waals surface area contributed by atoms with Gasteiger partial charge < -0.3 is 15.5 Å². The van der Waals surface area contributed by atoms with E-state index in [9.17, 15) is 28.2 Å². The number of carbonyl (C=O) groups excluding carboxylic acids is 1. The highest BCUT2D eigenvalue weighted by Crippen LogP contribution is 2.44. The monoisotopic (exact) mass is 568 g/mol. The van der Waals surface area contributed by atoms with Crippen LogP contribution in [0.5, 0.6) is 11.6 Å². The molecule has 7 nitrogen and oxygen atoms in total. The number of fused-ring (bicyclic) bond motifs is 1. The zero-order valence-corrected chi connectivity index (χ0v) is 22.0. The molecule has 0 atom stereocenters. The fourth-order valence-electron chi connectivity index (χ4n) is 4.05. The van der Waals surface area contributed by atoms with Crippen LogP contribution in [0.1, 0.15) is 22.3 Å². The van der Waals surface area contributed by atoms with Crippen molar-refractivity contribution < 1.29 is 28.2 Å². The second-order valence-corrected chi connectivity index (χ2v) is 10.5. The molecule has 39 heavy (non-hydrogen) atoms. The van der Waals surface area contributed by atoms with Crippen LogP contribution in [0.25, 0.3) is 22.7 Å². The van der Waals surface area contributed by atoms with Gasteiger partial charge in [-0.25, -0.2) is 0 Å². The minimum atomic E-state index is -4.59.